The van der Waals surface area contributed by atoms with E-state index < -0.39 is 0 Å². The summed E-state index contributed by atoms with van der Waals surface area (Å²) in [6, 6.07) is 12.8. The molecule has 2 rings (SSSR count). The van der Waals surface area contributed by atoms with E-state index in [1.807, 2.05) is 30.3 Å². The van der Waals surface area contributed by atoms with Gasteiger partial charge in [-0.05, 0) is 58.4 Å². The van der Waals surface area contributed by atoms with E-state index >= 15 is 0 Å². The monoisotopic (exact) mass is 416 g/mol. The van der Waals surface area contributed by atoms with Gasteiger partial charge in [0, 0.05) is 19.7 Å². The summed E-state index contributed by atoms with van der Waals surface area (Å²) in [6.07, 6.45) is 0. The average molecular weight is 419 g/mol. The third-order valence-corrected chi connectivity index (χ3v) is 3.90. The van der Waals surface area contributed by atoms with Crippen LogP contribution in [0.2, 0.25) is 5.02 Å². The van der Waals surface area contributed by atoms with Crippen LogP contribution in [0.1, 0.15) is 0 Å². The van der Waals surface area contributed by atoms with Crippen LogP contribution in [0.5, 0.6) is 0 Å². The maximum Gasteiger partial charge on any atom is 0.243 e. The van der Waals surface area contributed by atoms with Crippen LogP contribution in [0.4, 0.5) is 11.4 Å². The molecular formula is C14H11Br2ClN2O. The molecule has 6 heteroatoms. The molecule has 0 aliphatic carbocycles. The number of amides is 1. The first-order valence-corrected chi connectivity index (χ1v) is 7.75. The van der Waals surface area contributed by atoms with Crippen molar-refractivity contribution in [3.8, 4) is 0 Å². The highest BCUT2D eigenvalue weighted by Gasteiger charge is 2.05. The lowest BCUT2D eigenvalue weighted by molar-refractivity contribution is -0.114. The maximum atomic E-state index is 11.9. The van der Waals surface area contributed by atoms with Gasteiger partial charge in [0.2, 0.25) is 5.91 Å². The fraction of sp³-hybridized carbons (Fsp3) is 0.0714. The highest BCUT2D eigenvalue weighted by atomic mass is 79.9. The number of nitrogens with one attached hydrogen (secondary N) is 2. The summed E-state index contributed by atoms with van der Waals surface area (Å²) >= 11 is 12.6. The van der Waals surface area contributed by atoms with Crippen LogP contribution < -0.4 is 10.6 Å². The molecule has 2 aromatic carbocycles. The summed E-state index contributed by atoms with van der Waals surface area (Å²) in [5.41, 5.74) is 1.58. The molecule has 3 nitrogen and oxygen atoms in total. The van der Waals surface area contributed by atoms with E-state index in [2.05, 4.69) is 42.5 Å². The van der Waals surface area contributed by atoms with E-state index in [0.29, 0.717) is 5.02 Å². The number of anilines is 2. The maximum absolute atomic E-state index is 11.9. The van der Waals surface area contributed by atoms with Gasteiger partial charge in [-0.25, -0.2) is 0 Å². The Morgan fingerprint density at radius 2 is 1.80 bits per heavy atom. The van der Waals surface area contributed by atoms with E-state index in [0.717, 1.165) is 20.3 Å². The second-order valence-corrected chi connectivity index (χ2v) is 6.24. The van der Waals surface area contributed by atoms with Gasteiger partial charge < -0.3 is 10.6 Å². The molecule has 0 aromatic heterocycles. The molecule has 0 bridgehead atoms. The van der Waals surface area contributed by atoms with Crippen molar-refractivity contribution in [1.82, 2.24) is 0 Å². The molecule has 0 saturated heterocycles. The van der Waals surface area contributed by atoms with Gasteiger partial charge in [-0.3, -0.25) is 4.79 Å². The van der Waals surface area contributed by atoms with Gasteiger partial charge in [-0.15, -0.1) is 0 Å². The van der Waals surface area contributed by atoms with Crippen LogP contribution in [-0.2, 0) is 4.79 Å². The van der Waals surface area contributed by atoms with Gasteiger partial charge in [0.1, 0.15) is 0 Å². The molecule has 0 aliphatic rings. The zero-order valence-electron chi connectivity index (χ0n) is 10.3. The molecule has 0 fully saturated rings. The van der Waals surface area contributed by atoms with E-state index in [1.54, 1.807) is 12.1 Å². The zero-order chi connectivity index (χ0) is 14.5. The van der Waals surface area contributed by atoms with Gasteiger partial charge in [0.05, 0.1) is 12.2 Å². The van der Waals surface area contributed by atoms with Gasteiger partial charge >= 0.3 is 0 Å². The molecule has 0 unspecified atom stereocenters. The Labute approximate surface area is 139 Å². The summed E-state index contributed by atoms with van der Waals surface area (Å²) in [6.45, 7) is 0.185. The number of carbonyl (C=O) groups excluding carboxylic acids is 1. The van der Waals surface area contributed by atoms with Crippen molar-refractivity contribution in [1.29, 1.82) is 0 Å². The molecule has 2 aromatic rings. The topological polar surface area (TPSA) is 41.1 Å². The van der Waals surface area contributed by atoms with E-state index in [-0.39, 0.29) is 12.5 Å². The molecule has 1 amide bonds. The molecule has 20 heavy (non-hydrogen) atoms. The number of hydrogen-bond acceptors (Lipinski definition) is 2. The van der Waals surface area contributed by atoms with Crippen LogP contribution in [0, 0.1) is 0 Å². The van der Waals surface area contributed by atoms with Crippen molar-refractivity contribution in [3.63, 3.8) is 0 Å². The predicted octanol–water partition coefficient (Wildman–Crippen LogP) is 4.92. The normalized spacial score (nSPS) is 10.2. The van der Waals surface area contributed by atoms with Crippen LogP contribution in [0.3, 0.4) is 0 Å². The highest BCUT2D eigenvalue weighted by molar-refractivity contribution is 9.11. The summed E-state index contributed by atoms with van der Waals surface area (Å²) < 4.78 is 1.77. The van der Waals surface area contributed by atoms with Crippen LogP contribution in [-0.4, -0.2) is 12.5 Å². The second-order valence-electron chi connectivity index (χ2n) is 4.03. The lowest BCUT2D eigenvalue weighted by atomic mass is 10.3. The Balaban J connectivity index is 1.90. The Bertz CT molecular complexity index is 617. The largest absolute Gasteiger partial charge is 0.376 e. The van der Waals surface area contributed by atoms with E-state index in [1.165, 1.54) is 0 Å². The van der Waals surface area contributed by atoms with Crippen molar-refractivity contribution in [2.45, 2.75) is 0 Å². The van der Waals surface area contributed by atoms with Crippen LogP contribution >= 0.6 is 43.5 Å². The molecule has 104 valence electrons. The van der Waals surface area contributed by atoms with Crippen LogP contribution in [0.25, 0.3) is 0 Å². The molecule has 2 N–H and O–H groups in total. The summed E-state index contributed by atoms with van der Waals surface area (Å²) in [4.78, 5) is 11.9. The molecular weight excluding hydrogens is 407 g/mol. The first-order valence-electron chi connectivity index (χ1n) is 5.79. The lowest BCUT2D eigenvalue weighted by Gasteiger charge is -2.09. The Morgan fingerprint density at radius 3 is 2.45 bits per heavy atom. The zero-order valence-corrected chi connectivity index (χ0v) is 14.2. The Kier molecular flexibility index (Phi) is 5.46. The quantitative estimate of drug-likeness (QED) is 0.740. The lowest BCUT2D eigenvalue weighted by Crippen LogP contribution is -2.21. The van der Waals surface area contributed by atoms with E-state index in [4.69, 9.17) is 11.6 Å². The first-order chi connectivity index (χ1) is 9.54. The number of carbonyl (C=O) groups is 1. The van der Waals surface area contributed by atoms with Gasteiger partial charge in [-0.2, -0.15) is 0 Å². The molecule has 0 atom stereocenters. The molecule has 0 spiro atoms. The fourth-order valence-corrected chi connectivity index (χ4v) is 2.81. The van der Waals surface area contributed by atoms with E-state index in [9.17, 15) is 4.79 Å². The molecule has 0 saturated carbocycles. The second kappa shape index (κ2) is 7.11. The fourth-order valence-electron chi connectivity index (χ4n) is 1.54. The number of rotatable bonds is 4. The first kappa shape index (κ1) is 15.4. The average Bonchev–Trinajstić information content (AvgIpc) is 2.41. The third-order valence-electron chi connectivity index (χ3n) is 2.50. The molecule has 0 aliphatic heterocycles. The minimum atomic E-state index is -0.122. The Morgan fingerprint density at radius 1 is 1.10 bits per heavy atom. The third kappa shape index (κ3) is 4.51. The number of hydrogen-bond donors (Lipinski definition) is 2. The number of benzene rings is 2. The molecule has 0 radical (unpaired) electrons. The smallest absolute Gasteiger partial charge is 0.243 e. The van der Waals surface area contributed by atoms with Crippen molar-refractivity contribution in [2.75, 3.05) is 17.2 Å². The van der Waals surface area contributed by atoms with Gasteiger partial charge in [0.25, 0.3) is 0 Å². The Hall–Kier alpha value is -1.04. The summed E-state index contributed by atoms with van der Waals surface area (Å²) in [5.74, 6) is -0.122. The van der Waals surface area contributed by atoms with Gasteiger partial charge in [-0.1, -0.05) is 27.5 Å². The van der Waals surface area contributed by atoms with Gasteiger partial charge in [0.15, 0.2) is 0 Å². The van der Waals surface area contributed by atoms with Crippen molar-refractivity contribution in [2.24, 2.45) is 0 Å². The summed E-state index contributed by atoms with van der Waals surface area (Å²) in [7, 11) is 0. The minimum absolute atomic E-state index is 0.122. The number of halogens is 3. The van der Waals surface area contributed by atoms with Crippen molar-refractivity contribution >= 4 is 60.7 Å². The predicted molar refractivity (Wildman–Crippen MR) is 90.4 cm³/mol. The standard InChI is InChI=1S/C14H11Br2ClN2O/c15-9-1-6-13(12(16)7-9)19-14(20)8-18-11-4-2-10(17)3-5-11/h1-7,18H,8H2,(H,19,20). The minimum Gasteiger partial charge on any atom is -0.376 e. The highest BCUT2D eigenvalue weighted by Crippen LogP contribution is 2.26. The molecule has 0 heterocycles. The SMILES string of the molecule is O=C(CNc1ccc(Cl)cc1)Nc1ccc(Br)cc1Br. The van der Waals surface area contributed by atoms with Crippen molar-refractivity contribution in [3.05, 3.63) is 56.4 Å². The van der Waals surface area contributed by atoms with Crippen molar-refractivity contribution < 1.29 is 4.79 Å². The summed E-state index contributed by atoms with van der Waals surface area (Å²) in [5, 5.41) is 6.52. The van der Waals surface area contributed by atoms with Crippen LogP contribution in [0.15, 0.2) is 51.4 Å².